The summed E-state index contributed by atoms with van der Waals surface area (Å²) in [6.07, 6.45) is 0.156. The minimum absolute atomic E-state index is 0.156. The molecule has 0 radical (unpaired) electrons. The molecule has 3 amide bonds. The van der Waals surface area contributed by atoms with Gasteiger partial charge in [0.05, 0.1) is 0 Å². The van der Waals surface area contributed by atoms with Crippen molar-refractivity contribution in [3.8, 4) is 0 Å². The van der Waals surface area contributed by atoms with Gasteiger partial charge in [0.15, 0.2) is 0 Å². The van der Waals surface area contributed by atoms with E-state index in [2.05, 4.69) is 23.3 Å². The van der Waals surface area contributed by atoms with Gasteiger partial charge in [-0.05, 0) is 25.2 Å². The first-order valence-corrected chi connectivity index (χ1v) is 10.7. The van der Waals surface area contributed by atoms with Crippen LogP contribution in [0.3, 0.4) is 0 Å². The molecular formula is C19H23N3O5S2. The number of carbonyl (C=O) groups is 4. The summed E-state index contributed by atoms with van der Waals surface area (Å²) in [7, 11) is 0. The Kier molecular flexibility index (Phi) is 6.13. The van der Waals surface area contributed by atoms with Gasteiger partial charge in [-0.25, -0.2) is 4.79 Å². The summed E-state index contributed by atoms with van der Waals surface area (Å²) in [5.74, 6) is -1.99. The fourth-order valence-electron chi connectivity index (χ4n) is 3.66. The van der Waals surface area contributed by atoms with Crippen molar-refractivity contribution in [1.29, 1.82) is 0 Å². The molecule has 2 aliphatic rings. The molecule has 0 aliphatic carbocycles. The van der Waals surface area contributed by atoms with Crippen LogP contribution in [0.15, 0.2) is 30.3 Å². The van der Waals surface area contributed by atoms with Crippen LogP contribution >= 0.6 is 24.4 Å². The lowest BCUT2D eigenvalue weighted by Gasteiger charge is -2.44. The number of fused-ring (bicyclic) bond motifs is 1. The molecule has 2 aliphatic heterocycles. The van der Waals surface area contributed by atoms with Crippen LogP contribution in [0.5, 0.6) is 0 Å². The van der Waals surface area contributed by atoms with Gasteiger partial charge in [0, 0.05) is 11.2 Å². The van der Waals surface area contributed by atoms with Crippen molar-refractivity contribution in [2.24, 2.45) is 0 Å². The van der Waals surface area contributed by atoms with Crippen LogP contribution in [0, 0.1) is 0 Å². The lowest BCUT2D eigenvalue weighted by molar-refractivity contribution is -0.161. The number of thioether (sulfide) groups is 1. The number of amides is 3. The minimum atomic E-state index is -1.07. The number of rotatable bonds is 7. The zero-order valence-electron chi connectivity index (χ0n) is 16.0. The third kappa shape index (κ3) is 4.09. The van der Waals surface area contributed by atoms with Gasteiger partial charge in [-0.3, -0.25) is 14.4 Å². The topological polar surface area (TPSA) is 116 Å². The summed E-state index contributed by atoms with van der Waals surface area (Å²) in [5, 5.41) is 14.4. The van der Waals surface area contributed by atoms with Crippen molar-refractivity contribution in [3.63, 3.8) is 0 Å². The van der Waals surface area contributed by atoms with Crippen LogP contribution in [0.2, 0.25) is 0 Å². The van der Waals surface area contributed by atoms with E-state index in [1.54, 1.807) is 44.2 Å². The highest BCUT2D eigenvalue weighted by atomic mass is 32.2. The molecule has 3 rings (SSSR count). The van der Waals surface area contributed by atoms with Crippen molar-refractivity contribution >= 4 is 48.1 Å². The maximum atomic E-state index is 13.0. The predicted molar refractivity (Wildman–Crippen MR) is 111 cm³/mol. The quantitative estimate of drug-likeness (QED) is 0.370. The van der Waals surface area contributed by atoms with E-state index in [1.807, 2.05) is 0 Å². The molecule has 8 nitrogen and oxygen atoms in total. The van der Waals surface area contributed by atoms with Crippen LogP contribution < -0.4 is 10.6 Å². The second kappa shape index (κ2) is 8.27. The standard InChI is InChI=1S/C19H23N3O5S2/c1-19(2)14(18(26)27)22-16(25)13(17(22)29-19)21-15(24)12(20-11(23)8-9-28)10-6-4-3-5-7-10/h3-7,12-14,17,28H,8-9H2,1-2H3,(H,20,23)(H,21,24)(H,26,27). The van der Waals surface area contributed by atoms with Crippen molar-refractivity contribution in [3.05, 3.63) is 35.9 Å². The molecule has 2 saturated heterocycles. The van der Waals surface area contributed by atoms with Crippen molar-refractivity contribution in [2.45, 2.75) is 48.5 Å². The zero-order chi connectivity index (χ0) is 21.3. The summed E-state index contributed by atoms with van der Waals surface area (Å²) in [6.45, 7) is 3.54. The van der Waals surface area contributed by atoms with Crippen LogP contribution in [-0.4, -0.2) is 61.7 Å². The molecule has 156 valence electrons. The summed E-state index contributed by atoms with van der Waals surface area (Å²) < 4.78 is -0.675. The highest BCUT2D eigenvalue weighted by Crippen LogP contribution is 2.50. The van der Waals surface area contributed by atoms with Gasteiger partial charge >= 0.3 is 5.97 Å². The fourth-order valence-corrected chi connectivity index (χ4v) is 5.49. The monoisotopic (exact) mass is 437 g/mol. The number of β-lactam (4-membered cyclic amide) rings is 1. The minimum Gasteiger partial charge on any atom is -0.480 e. The highest BCUT2D eigenvalue weighted by molar-refractivity contribution is 8.01. The number of benzene rings is 1. The molecule has 2 heterocycles. The van der Waals surface area contributed by atoms with E-state index >= 15 is 0 Å². The number of carboxylic acid groups (broad SMARTS) is 1. The molecule has 29 heavy (non-hydrogen) atoms. The van der Waals surface area contributed by atoms with Gasteiger partial charge in [-0.15, -0.1) is 11.8 Å². The Morgan fingerprint density at radius 1 is 1.28 bits per heavy atom. The summed E-state index contributed by atoms with van der Waals surface area (Å²) >= 11 is 5.38. The predicted octanol–water partition coefficient (Wildman–Crippen LogP) is 0.795. The third-order valence-corrected chi connectivity index (χ3v) is 6.81. The number of hydrogen-bond acceptors (Lipinski definition) is 6. The van der Waals surface area contributed by atoms with Gasteiger partial charge in [0.1, 0.15) is 23.5 Å². The maximum absolute atomic E-state index is 13.0. The van der Waals surface area contributed by atoms with Crippen molar-refractivity contribution in [1.82, 2.24) is 15.5 Å². The van der Waals surface area contributed by atoms with E-state index in [-0.39, 0.29) is 12.3 Å². The molecule has 0 saturated carbocycles. The van der Waals surface area contributed by atoms with E-state index < -0.39 is 46.0 Å². The van der Waals surface area contributed by atoms with E-state index in [1.165, 1.54) is 16.7 Å². The number of nitrogens with zero attached hydrogens (tertiary/aromatic N) is 1. The number of hydrogen-bond donors (Lipinski definition) is 4. The SMILES string of the molecule is CC1(C)SC2C(NC(=O)C(NC(=O)CCS)c3ccccc3)C(=O)N2C1C(=O)O. The first kappa shape index (κ1) is 21.5. The van der Waals surface area contributed by atoms with E-state index in [9.17, 15) is 24.3 Å². The molecular weight excluding hydrogens is 414 g/mol. The fraction of sp³-hybridized carbons (Fsp3) is 0.474. The van der Waals surface area contributed by atoms with E-state index in [0.29, 0.717) is 11.3 Å². The van der Waals surface area contributed by atoms with Gasteiger partial charge < -0.3 is 20.6 Å². The largest absolute Gasteiger partial charge is 0.480 e. The second-order valence-corrected chi connectivity index (χ2v) is 9.69. The van der Waals surface area contributed by atoms with Crippen LogP contribution in [0.1, 0.15) is 31.9 Å². The maximum Gasteiger partial charge on any atom is 0.327 e. The molecule has 0 bridgehead atoms. The van der Waals surface area contributed by atoms with Crippen LogP contribution in [0.25, 0.3) is 0 Å². The summed E-state index contributed by atoms with van der Waals surface area (Å²) in [6, 6.07) is 6.00. The summed E-state index contributed by atoms with van der Waals surface area (Å²) in [5.41, 5.74) is 0.587. The number of aliphatic carboxylic acids is 1. The molecule has 0 aromatic heterocycles. The van der Waals surface area contributed by atoms with Crippen LogP contribution in [-0.2, 0) is 19.2 Å². The molecule has 0 spiro atoms. The molecule has 1 aromatic carbocycles. The molecule has 3 N–H and O–H groups in total. The zero-order valence-corrected chi connectivity index (χ0v) is 17.7. The van der Waals surface area contributed by atoms with Crippen molar-refractivity contribution < 1.29 is 24.3 Å². The Morgan fingerprint density at radius 2 is 1.93 bits per heavy atom. The Balaban J connectivity index is 1.76. The Bertz CT molecular complexity index is 832. The van der Waals surface area contributed by atoms with Crippen molar-refractivity contribution in [2.75, 3.05) is 5.75 Å². The molecule has 4 unspecified atom stereocenters. The number of nitrogens with one attached hydrogen (secondary N) is 2. The van der Waals surface area contributed by atoms with Gasteiger partial charge in [0.25, 0.3) is 0 Å². The number of thiol groups is 1. The van der Waals surface area contributed by atoms with E-state index in [4.69, 9.17) is 0 Å². The van der Waals surface area contributed by atoms with Gasteiger partial charge in [0.2, 0.25) is 17.7 Å². The molecule has 4 atom stereocenters. The lowest BCUT2D eigenvalue weighted by atomic mass is 9.95. The normalized spacial score (nSPS) is 25.6. The summed E-state index contributed by atoms with van der Waals surface area (Å²) in [4.78, 5) is 50.5. The number of carbonyl (C=O) groups excluding carboxylic acids is 3. The average Bonchev–Trinajstić information content (AvgIpc) is 2.93. The number of carboxylic acids is 1. The van der Waals surface area contributed by atoms with Crippen LogP contribution in [0.4, 0.5) is 0 Å². The first-order chi connectivity index (χ1) is 13.7. The Hall–Kier alpha value is -2.20. The Labute approximate surface area is 178 Å². The smallest absolute Gasteiger partial charge is 0.327 e. The van der Waals surface area contributed by atoms with Gasteiger partial charge in [-0.2, -0.15) is 12.6 Å². The molecule has 1 aromatic rings. The first-order valence-electron chi connectivity index (χ1n) is 9.15. The van der Waals surface area contributed by atoms with E-state index in [0.717, 1.165) is 0 Å². The third-order valence-electron chi connectivity index (χ3n) is 5.01. The van der Waals surface area contributed by atoms with Gasteiger partial charge in [-0.1, -0.05) is 30.3 Å². The second-order valence-electron chi connectivity index (χ2n) is 7.47. The highest BCUT2D eigenvalue weighted by Gasteiger charge is 2.64. The Morgan fingerprint density at radius 3 is 2.52 bits per heavy atom. The average molecular weight is 438 g/mol. The molecule has 2 fully saturated rings. The lowest BCUT2D eigenvalue weighted by Crippen LogP contribution is -2.71. The molecule has 10 heteroatoms.